The van der Waals surface area contributed by atoms with Gasteiger partial charge in [-0.3, -0.25) is 0 Å². The Morgan fingerprint density at radius 2 is 1.56 bits per heavy atom. The molecular weight excluding hydrogens is 137 g/mol. The van der Waals surface area contributed by atoms with Gasteiger partial charge in [0.25, 0.3) is 0 Å². The van der Waals surface area contributed by atoms with Crippen molar-refractivity contribution in [3.8, 4) is 0 Å². The maximum Gasteiger partial charge on any atom is 1.00 e. The van der Waals surface area contributed by atoms with E-state index in [0.717, 1.165) is 0 Å². The molecule has 48 valence electrons. The van der Waals surface area contributed by atoms with Gasteiger partial charge in [-0.25, -0.2) is 0 Å². The SMILES string of the molecule is [Na+].[O-][N+]([O-])=C(CO)CO. The summed E-state index contributed by atoms with van der Waals surface area (Å²) in [6.07, 6.45) is 0. The Bertz CT molecular complexity index is 94.0. The predicted molar refractivity (Wildman–Crippen MR) is 26.2 cm³/mol. The van der Waals surface area contributed by atoms with Gasteiger partial charge in [-0.2, -0.15) is 4.90 Å². The van der Waals surface area contributed by atoms with Crippen molar-refractivity contribution in [2.45, 2.75) is 0 Å². The summed E-state index contributed by atoms with van der Waals surface area (Å²) in [5.41, 5.74) is -0.481. The van der Waals surface area contributed by atoms with E-state index in [1.165, 1.54) is 0 Å². The zero-order valence-corrected chi connectivity index (χ0v) is 7.07. The van der Waals surface area contributed by atoms with Crippen LogP contribution < -0.4 is 29.6 Å². The maximum absolute atomic E-state index is 9.61. The van der Waals surface area contributed by atoms with E-state index < -0.39 is 23.8 Å². The van der Waals surface area contributed by atoms with Crippen molar-refractivity contribution in [3.63, 3.8) is 0 Å². The Morgan fingerprint density at radius 3 is 1.56 bits per heavy atom. The molecule has 9 heavy (non-hydrogen) atoms. The second-order valence-electron chi connectivity index (χ2n) is 1.14. The number of aliphatic hydroxyl groups excluding tert-OH is 2. The summed E-state index contributed by atoms with van der Waals surface area (Å²) >= 11 is 0. The van der Waals surface area contributed by atoms with E-state index in [2.05, 4.69) is 0 Å². The van der Waals surface area contributed by atoms with Gasteiger partial charge in [0.05, 0.1) is 0 Å². The molecule has 0 aliphatic carbocycles. The van der Waals surface area contributed by atoms with Crippen LogP contribution in [-0.4, -0.2) is 34.0 Å². The van der Waals surface area contributed by atoms with Crippen LogP contribution in [0.5, 0.6) is 0 Å². The van der Waals surface area contributed by atoms with Gasteiger partial charge in [0.15, 0.2) is 0 Å². The van der Waals surface area contributed by atoms with Gasteiger partial charge in [0.1, 0.15) is 13.2 Å². The molecule has 0 atom stereocenters. The van der Waals surface area contributed by atoms with E-state index in [1.807, 2.05) is 0 Å². The Kier molecular flexibility index (Phi) is 8.36. The molecule has 0 saturated carbocycles. The van der Waals surface area contributed by atoms with Crippen molar-refractivity contribution in [2.24, 2.45) is 0 Å². The van der Waals surface area contributed by atoms with E-state index in [1.54, 1.807) is 0 Å². The van der Waals surface area contributed by atoms with E-state index in [4.69, 9.17) is 10.2 Å². The zero-order chi connectivity index (χ0) is 6.57. The summed E-state index contributed by atoms with van der Waals surface area (Å²) in [5, 5.41) is 35.3. The van der Waals surface area contributed by atoms with Gasteiger partial charge in [0, 0.05) is 0 Å². The predicted octanol–water partition coefficient (Wildman–Crippen LogP) is -4.58. The summed E-state index contributed by atoms with van der Waals surface area (Å²) in [6, 6.07) is 0. The molecule has 0 amide bonds. The Labute approximate surface area is 74.1 Å². The third kappa shape index (κ3) is 4.68. The van der Waals surface area contributed by atoms with Crippen LogP contribution in [0.25, 0.3) is 0 Å². The molecule has 0 aliphatic heterocycles. The molecule has 0 unspecified atom stereocenters. The van der Waals surface area contributed by atoms with Crippen LogP contribution in [0.4, 0.5) is 0 Å². The first-order valence-electron chi connectivity index (χ1n) is 1.93. The van der Waals surface area contributed by atoms with Gasteiger partial charge in [-0.1, -0.05) is 0 Å². The average molecular weight is 143 g/mol. The number of rotatable bonds is 2. The molecule has 0 fully saturated rings. The number of nitrogens with zero attached hydrogens (tertiary/aromatic N) is 1. The van der Waals surface area contributed by atoms with Gasteiger partial charge >= 0.3 is 29.6 Å². The average Bonchev–Trinajstić information content (AvgIpc) is 1.69. The van der Waals surface area contributed by atoms with Gasteiger partial charge in [0.2, 0.25) is 5.71 Å². The monoisotopic (exact) mass is 143 g/mol. The van der Waals surface area contributed by atoms with Crippen molar-refractivity contribution >= 4 is 5.71 Å². The van der Waals surface area contributed by atoms with Crippen LogP contribution in [0.15, 0.2) is 0 Å². The summed E-state index contributed by atoms with van der Waals surface area (Å²) in [4.78, 5) is -0.806. The molecule has 5 nitrogen and oxygen atoms in total. The molecule has 0 aromatic heterocycles. The summed E-state index contributed by atoms with van der Waals surface area (Å²) in [5.74, 6) is 0. The molecule has 0 aromatic carbocycles. The van der Waals surface area contributed by atoms with E-state index in [-0.39, 0.29) is 29.6 Å². The fraction of sp³-hybridized carbons (Fsp3) is 0.667. The molecule has 0 spiro atoms. The number of hydrogen-bond donors (Lipinski definition) is 2. The second kappa shape index (κ2) is 6.31. The topological polar surface area (TPSA) is 89.6 Å². The quantitative estimate of drug-likeness (QED) is 0.176. The third-order valence-corrected chi connectivity index (χ3v) is 0.623. The standard InChI is InChI=1S/C3H6NO4.Na/c5-1-3(2-6)4(7)8;/h5-6H,1-2H2;/q-1;+1. The van der Waals surface area contributed by atoms with Gasteiger partial charge in [-0.05, 0) is 0 Å². The van der Waals surface area contributed by atoms with Crippen molar-refractivity contribution < 1.29 is 44.7 Å². The first kappa shape index (κ1) is 11.9. The van der Waals surface area contributed by atoms with Gasteiger partial charge in [-0.15, -0.1) is 0 Å². The molecule has 0 heterocycles. The normalized spacial score (nSPS) is 7.78. The van der Waals surface area contributed by atoms with Crippen molar-refractivity contribution in [1.82, 2.24) is 0 Å². The smallest absolute Gasteiger partial charge is 0.612 e. The largest absolute Gasteiger partial charge is 1.00 e. The molecule has 0 saturated heterocycles. The molecule has 2 N–H and O–H groups in total. The first-order chi connectivity index (χ1) is 3.72. The van der Waals surface area contributed by atoms with E-state index >= 15 is 0 Å². The minimum atomic E-state index is -0.806. The molecule has 0 rings (SSSR count). The summed E-state index contributed by atoms with van der Waals surface area (Å²) in [7, 11) is 0. The van der Waals surface area contributed by atoms with Crippen LogP contribution in [0.1, 0.15) is 0 Å². The second-order valence-corrected chi connectivity index (χ2v) is 1.14. The van der Waals surface area contributed by atoms with Crippen molar-refractivity contribution in [3.05, 3.63) is 10.4 Å². The maximum atomic E-state index is 9.61. The molecule has 6 heteroatoms. The van der Waals surface area contributed by atoms with Gasteiger partial charge < -0.3 is 20.6 Å². The van der Waals surface area contributed by atoms with Crippen LogP contribution in [0.3, 0.4) is 0 Å². The first-order valence-corrected chi connectivity index (χ1v) is 1.93. The van der Waals surface area contributed by atoms with E-state index in [9.17, 15) is 10.4 Å². The fourth-order valence-corrected chi connectivity index (χ4v) is 0.165. The van der Waals surface area contributed by atoms with Crippen LogP contribution in [0, 0.1) is 10.4 Å². The zero-order valence-electron chi connectivity index (χ0n) is 5.07. The Morgan fingerprint density at radius 1 is 1.22 bits per heavy atom. The molecule has 0 bridgehead atoms. The van der Waals surface area contributed by atoms with Crippen molar-refractivity contribution in [2.75, 3.05) is 13.2 Å². The summed E-state index contributed by atoms with van der Waals surface area (Å²) < 4.78 is 0. The minimum Gasteiger partial charge on any atom is -0.612 e. The number of aliphatic hydroxyl groups is 2. The fourth-order valence-electron chi connectivity index (χ4n) is 0.165. The van der Waals surface area contributed by atoms with Crippen molar-refractivity contribution in [1.29, 1.82) is 0 Å². The molecular formula is C3H6NNaO4. The summed E-state index contributed by atoms with van der Waals surface area (Å²) in [6.45, 7) is -1.38. The van der Waals surface area contributed by atoms with Crippen LogP contribution >= 0.6 is 0 Å². The minimum absolute atomic E-state index is 0. The Balaban J connectivity index is 0. The molecule has 0 radical (unpaired) electrons. The van der Waals surface area contributed by atoms with E-state index in [0.29, 0.717) is 0 Å². The number of hydrogen-bond acceptors (Lipinski definition) is 4. The van der Waals surface area contributed by atoms with Crippen LogP contribution in [-0.2, 0) is 0 Å². The molecule has 0 aromatic rings. The van der Waals surface area contributed by atoms with Crippen LogP contribution in [0.2, 0.25) is 0 Å². The Hall–Kier alpha value is 0.190. The molecule has 0 aliphatic rings. The third-order valence-electron chi connectivity index (χ3n) is 0.623.